The number of amides is 1. The monoisotopic (exact) mass is 467 g/mol. The predicted molar refractivity (Wildman–Crippen MR) is 113 cm³/mol. The molecule has 0 aliphatic rings. The van der Waals surface area contributed by atoms with Crippen molar-refractivity contribution >= 4 is 33.0 Å². The maximum atomic E-state index is 14.5. The molecule has 0 saturated carbocycles. The van der Waals surface area contributed by atoms with Crippen molar-refractivity contribution in [2.75, 3.05) is 18.8 Å². The van der Waals surface area contributed by atoms with Gasteiger partial charge in [-0.1, -0.05) is 12.1 Å². The zero-order chi connectivity index (χ0) is 23.6. The van der Waals surface area contributed by atoms with Gasteiger partial charge in [0.1, 0.15) is 12.3 Å². The average Bonchev–Trinajstić information content (AvgIpc) is 2.68. The highest BCUT2D eigenvalue weighted by atomic mass is 32.2. The van der Waals surface area contributed by atoms with Crippen LogP contribution in [0.2, 0.25) is 0 Å². The largest absolute Gasteiger partial charge is 0.422 e. The molecular formula is C20H19F2N3O6S. The number of halogens is 2. The summed E-state index contributed by atoms with van der Waals surface area (Å²) < 4.78 is 63.1. The van der Waals surface area contributed by atoms with E-state index in [0.29, 0.717) is 5.56 Å². The molecule has 0 radical (unpaired) electrons. The molecule has 0 bridgehead atoms. The minimum Gasteiger partial charge on any atom is -0.422 e. The first-order valence-electron chi connectivity index (χ1n) is 9.11. The SMILES string of the molecule is CN(C)C(=O)Oc1cc2oc(=O)c(Cc3cccc(NS(N)(=O)=O)c3)c(CF)c2cc1F. The highest BCUT2D eigenvalue weighted by Crippen LogP contribution is 2.29. The number of ether oxygens (including phenoxy) is 1. The topological polar surface area (TPSA) is 132 Å². The number of anilines is 1. The Morgan fingerprint density at radius 2 is 1.94 bits per heavy atom. The van der Waals surface area contributed by atoms with Gasteiger partial charge < -0.3 is 14.1 Å². The van der Waals surface area contributed by atoms with Gasteiger partial charge >= 0.3 is 11.7 Å². The van der Waals surface area contributed by atoms with E-state index in [4.69, 9.17) is 14.3 Å². The average molecular weight is 467 g/mol. The lowest BCUT2D eigenvalue weighted by molar-refractivity contribution is 0.170. The third kappa shape index (κ3) is 5.21. The number of rotatable bonds is 6. The van der Waals surface area contributed by atoms with Crippen molar-refractivity contribution < 1.29 is 31.1 Å². The zero-order valence-corrected chi connectivity index (χ0v) is 17.8. The molecule has 0 aliphatic carbocycles. The molecule has 1 heterocycles. The fraction of sp³-hybridized carbons (Fsp3) is 0.200. The maximum absolute atomic E-state index is 14.5. The molecule has 3 aromatic rings. The van der Waals surface area contributed by atoms with Crippen molar-refractivity contribution in [2.24, 2.45) is 5.14 Å². The van der Waals surface area contributed by atoms with Gasteiger partial charge in [-0.15, -0.1) is 0 Å². The van der Waals surface area contributed by atoms with Crippen molar-refractivity contribution in [2.45, 2.75) is 13.1 Å². The molecule has 1 aromatic heterocycles. The van der Waals surface area contributed by atoms with Crippen molar-refractivity contribution in [1.29, 1.82) is 0 Å². The van der Waals surface area contributed by atoms with Crippen molar-refractivity contribution in [3.05, 3.63) is 69.3 Å². The molecule has 0 saturated heterocycles. The Labute approximate surface area is 181 Å². The summed E-state index contributed by atoms with van der Waals surface area (Å²) in [6.07, 6.45) is -0.961. The first-order chi connectivity index (χ1) is 15.0. The molecule has 3 N–H and O–H groups in total. The Balaban J connectivity index is 2.05. The maximum Gasteiger partial charge on any atom is 0.414 e. The molecule has 3 rings (SSSR count). The van der Waals surface area contributed by atoms with Crippen LogP contribution >= 0.6 is 0 Å². The molecule has 2 aromatic carbocycles. The number of nitrogens with two attached hydrogens (primary N) is 1. The van der Waals surface area contributed by atoms with Gasteiger partial charge in [0.25, 0.3) is 10.2 Å². The fourth-order valence-electron chi connectivity index (χ4n) is 3.01. The molecule has 9 nitrogen and oxygen atoms in total. The number of nitrogens with zero attached hydrogens (tertiary/aromatic N) is 1. The van der Waals surface area contributed by atoms with Crippen LogP contribution in [-0.2, 0) is 23.3 Å². The van der Waals surface area contributed by atoms with Crippen LogP contribution in [0.1, 0.15) is 16.7 Å². The Kier molecular flexibility index (Phi) is 6.46. The van der Waals surface area contributed by atoms with Crippen LogP contribution in [0.4, 0.5) is 19.3 Å². The number of carbonyl (C=O) groups is 1. The number of hydrogen-bond donors (Lipinski definition) is 2. The lowest BCUT2D eigenvalue weighted by Crippen LogP contribution is -2.25. The molecule has 12 heteroatoms. The quantitative estimate of drug-likeness (QED) is 0.536. The highest BCUT2D eigenvalue weighted by molar-refractivity contribution is 7.90. The number of carbonyl (C=O) groups excluding carboxylic acids is 1. The Hall–Kier alpha value is -3.51. The molecule has 0 aliphatic heterocycles. The number of hydrogen-bond acceptors (Lipinski definition) is 6. The molecule has 0 unspecified atom stereocenters. The van der Waals surface area contributed by atoms with Gasteiger partial charge in [0.2, 0.25) is 0 Å². The van der Waals surface area contributed by atoms with E-state index in [0.717, 1.165) is 17.0 Å². The van der Waals surface area contributed by atoms with E-state index in [9.17, 15) is 26.8 Å². The van der Waals surface area contributed by atoms with Gasteiger partial charge in [-0.3, -0.25) is 4.72 Å². The lowest BCUT2D eigenvalue weighted by Gasteiger charge is -2.13. The van der Waals surface area contributed by atoms with E-state index in [1.807, 2.05) is 0 Å². The van der Waals surface area contributed by atoms with Crippen LogP contribution < -0.4 is 20.2 Å². The second-order valence-corrected chi connectivity index (χ2v) is 8.34. The van der Waals surface area contributed by atoms with Crippen molar-refractivity contribution in [3.8, 4) is 5.75 Å². The van der Waals surface area contributed by atoms with Crippen LogP contribution in [0, 0.1) is 5.82 Å². The Morgan fingerprint density at radius 3 is 2.56 bits per heavy atom. The summed E-state index contributed by atoms with van der Waals surface area (Å²) in [6.45, 7) is -1.09. The van der Waals surface area contributed by atoms with E-state index in [2.05, 4.69) is 4.72 Å². The lowest BCUT2D eigenvalue weighted by atomic mass is 9.99. The van der Waals surface area contributed by atoms with E-state index < -0.39 is 40.2 Å². The summed E-state index contributed by atoms with van der Waals surface area (Å²) in [5.41, 5.74) is -0.575. The van der Waals surface area contributed by atoms with Crippen molar-refractivity contribution in [1.82, 2.24) is 4.90 Å². The fourth-order valence-corrected chi connectivity index (χ4v) is 3.47. The number of alkyl halides is 1. The highest BCUT2D eigenvalue weighted by Gasteiger charge is 2.20. The molecule has 32 heavy (non-hydrogen) atoms. The molecule has 1 amide bonds. The van der Waals surface area contributed by atoms with Gasteiger partial charge in [0.05, 0.1) is 5.69 Å². The van der Waals surface area contributed by atoms with E-state index in [-0.39, 0.29) is 34.2 Å². The van der Waals surface area contributed by atoms with Gasteiger partial charge in [0, 0.05) is 43.1 Å². The summed E-state index contributed by atoms with van der Waals surface area (Å²) in [4.78, 5) is 25.4. The summed E-state index contributed by atoms with van der Waals surface area (Å²) >= 11 is 0. The van der Waals surface area contributed by atoms with Crippen LogP contribution in [0.15, 0.2) is 45.6 Å². The normalized spacial score (nSPS) is 11.4. The van der Waals surface area contributed by atoms with Crippen LogP contribution in [0.25, 0.3) is 11.0 Å². The third-order valence-electron chi connectivity index (χ3n) is 4.44. The summed E-state index contributed by atoms with van der Waals surface area (Å²) in [5.74, 6) is -1.42. The minimum atomic E-state index is -4.01. The Morgan fingerprint density at radius 1 is 1.22 bits per heavy atom. The third-order valence-corrected chi connectivity index (χ3v) is 4.96. The van der Waals surface area contributed by atoms with E-state index >= 15 is 0 Å². The molecule has 0 spiro atoms. The molecule has 170 valence electrons. The number of benzene rings is 2. The number of fused-ring (bicyclic) bond motifs is 1. The van der Waals surface area contributed by atoms with E-state index in [1.54, 1.807) is 6.07 Å². The zero-order valence-electron chi connectivity index (χ0n) is 17.0. The summed E-state index contributed by atoms with van der Waals surface area (Å²) in [5, 5.41) is 4.95. The van der Waals surface area contributed by atoms with Gasteiger partial charge in [-0.2, -0.15) is 8.42 Å². The standard InChI is InChI=1S/C20H19F2N3O6S/c1-25(2)20(27)31-18-9-17-13(8-16(18)22)15(10-21)14(19(26)30-17)7-11-4-3-5-12(6-11)24-32(23,28)29/h3-6,8-9,24H,7,10H2,1-2H3,(H2,23,28,29). The van der Waals surface area contributed by atoms with Gasteiger partial charge in [-0.25, -0.2) is 23.5 Å². The Bertz CT molecular complexity index is 1360. The molecular weight excluding hydrogens is 448 g/mol. The molecule has 0 atom stereocenters. The summed E-state index contributed by atoms with van der Waals surface area (Å²) in [7, 11) is -1.20. The van der Waals surface area contributed by atoms with Crippen LogP contribution in [0.5, 0.6) is 5.75 Å². The first-order valence-corrected chi connectivity index (χ1v) is 10.7. The first kappa shape index (κ1) is 23.2. The second kappa shape index (κ2) is 8.93. The van der Waals surface area contributed by atoms with Crippen molar-refractivity contribution in [3.63, 3.8) is 0 Å². The van der Waals surface area contributed by atoms with Gasteiger partial charge in [-0.05, 0) is 23.8 Å². The predicted octanol–water partition coefficient (Wildman–Crippen LogP) is 2.67. The molecule has 0 fully saturated rings. The van der Waals surface area contributed by atoms with Crippen LogP contribution in [-0.4, -0.2) is 33.5 Å². The second-order valence-electron chi connectivity index (χ2n) is 7.05. The van der Waals surface area contributed by atoms with Gasteiger partial charge in [0.15, 0.2) is 11.6 Å². The van der Waals surface area contributed by atoms with Crippen LogP contribution in [0.3, 0.4) is 0 Å². The minimum absolute atomic E-state index is 0.00284. The summed E-state index contributed by atoms with van der Waals surface area (Å²) in [6, 6.07) is 7.90. The smallest absolute Gasteiger partial charge is 0.414 e. The van der Waals surface area contributed by atoms with E-state index in [1.165, 1.54) is 32.3 Å². The number of nitrogens with one attached hydrogen (secondary N) is 1.